The van der Waals surface area contributed by atoms with Gasteiger partial charge in [-0.2, -0.15) is 18.3 Å². The Kier molecular flexibility index (Phi) is 4.08. The summed E-state index contributed by atoms with van der Waals surface area (Å²) >= 11 is 0. The molecule has 9 heteroatoms. The highest BCUT2D eigenvalue weighted by molar-refractivity contribution is 5.95. The van der Waals surface area contributed by atoms with Crippen LogP contribution in [0.3, 0.4) is 0 Å². The van der Waals surface area contributed by atoms with E-state index in [0.29, 0.717) is 12.3 Å². The Hall–Kier alpha value is -2.42. The normalized spacial score (nSPS) is 20.7. The van der Waals surface area contributed by atoms with Crippen molar-refractivity contribution in [3.63, 3.8) is 0 Å². The molecule has 6 nitrogen and oxygen atoms in total. The molecule has 1 saturated carbocycles. The minimum absolute atomic E-state index is 0.0663. The molecule has 4 rings (SSSR count). The average Bonchev–Trinajstić information content (AvgIpc) is 3.09. The number of alkyl halides is 3. The number of amides is 1. The molecule has 0 spiro atoms. The molecule has 0 saturated heterocycles. The second-order valence-corrected chi connectivity index (χ2v) is 8.28. The van der Waals surface area contributed by atoms with E-state index in [2.05, 4.69) is 15.4 Å². The number of nitrogens with zero attached hydrogens (tertiary/aromatic N) is 3. The van der Waals surface area contributed by atoms with Gasteiger partial charge in [0.1, 0.15) is 0 Å². The zero-order chi connectivity index (χ0) is 20.4. The summed E-state index contributed by atoms with van der Waals surface area (Å²) in [6, 6.07) is 1.96. The van der Waals surface area contributed by atoms with Crippen LogP contribution in [-0.4, -0.2) is 37.9 Å². The lowest BCUT2D eigenvalue weighted by molar-refractivity contribution is -0.137. The lowest BCUT2D eigenvalue weighted by Crippen LogP contribution is -2.46. The molecule has 2 heterocycles. The molecule has 2 N–H and O–H groups in total. The van der Waals surface area contributed by atoms with Gasteiger partial charge >= 0.3 is 6.18 Å². The summed E-state index contributed by atoms with van der Waals surface area (Å²) in [6.07, 6.45) is -2.87. The minimum Gasteiger partial charge on any atom is -0.394 e. The van der Waals surface area contributed by atoms with Gasteiger partial charge < -0.3 is 10.4 Å². The molecular formula is C19H21F3N4O2. The van der Waals surface area contributed by atoms with Gasteiger partial charge in [0.25, 0.3) is 5.91 Å². The fraction of sp³-hybridized carbons (Fsp3) is 0.526. The zero-order valence-corrected chi connectivity index (χ0v) is 15.8. The first-order valence-electron chi connectivity index (χ1n) is 9.11. The van der Waals surface area contributed by atoms with Crippen LogP contribution in [0.1, 0.15) is 59.2 Å². The maximum Gasteiger partial charge on any atom is 0.416 e. The highest BCUT2D eigenvalue weighted by Gasteiger charge is 2.50. The maximum absolute atomic E-state index is 13.2. The molecule has 0 radical (unpaired) electrons. The first-order chi connectivity index (χ1) is 13.0. The van der Waals surface area contributed by atoms with Crippen molar-refractivity contribution >= 4 is 5.91 Å². The summed E-state index contributed by atoms with van der Waals surface area (Å²) in [5.74, 6) is 0.228. The number of aromatic nitrogens is 3. The second kappa shape index (κ2) is 6.04. The van der Waals surface area contributed by atoms with Crippen molar-refractivity contribution in [3.05, 3.63) is 40.3 Å². The molecule has 2 aliphatic rings. The number of hydrogen-bond acceptors (Lipinski definition) is 4. The number of halogens is 3. The van der Waals surface area contributed by atoms with Crippen molar-refractivity contribution in [2.45, 2.75) is 51.2 Å². The number of pyridine rings is 1. The number of aliphatic hydroxyl groups excluding tert-OH is 1. The molecule has 0 aliphatic heterocycles. The average molecular weight is 394 g/mol. The number of aryl methyl sites for hydroxylation is 1. The summed E-state index contributed by atoms with van der Waals surface area (Å²) in [5.41, 5.74) is 0.345. The van der Waals surface area contributed by atoms with Crippen LogP contribution in [0.5, 0.6) is 0 Å². The van der Waals surface area contributed by atoms with Gasteiger partial charge in [0.2, 0.25) is 0 Å². The number of nitrogens with one attached hydrogen (secondary N) is 1. The molecule has 0 aromatic carbocycles. The standard InChI is InChI=1S/C19H21F3N4O2/c1-9-4-11(19(20,21)22)7-14(23-9)26-16-12-5-10(12)6-13(16)15(25-26)17(28)24-18(2,3)8-27/h4,7,10,12,27H,5-6,8H2,1-3H3,(H,24,28)/t10-,12-/m1/s1. The number of aliphatic hydroxyl groups is 1. The quantitative estimate of drug-likeness (QED) is 0.836. The van der Waals surface area contributed by atoms with Gasteiger partial charge in [0, 0.05) is 17.2 Å². The van der Waals surface area contributed by atoms with E-state index < -0.39 is 23.2 Å². The third-order valence-corrected chi connectivity index (χ3v) is 5.31. The third-order valence-electron chi connectivity index (χ3n) is 5.31. The molecule has 2 aromatic rings. The van der Waals surface area contributed by atoms with Crippen LogP contribution in [0.25, 0.3) is 5.82 Å². The second-order valence-electron chi connectivity index (χ2n) is 8.28. The molecule has 28 heavy (non-hydrogen) atoms. The molecule has 1 amide bonds. The molecule has 2 aromatic heterocycles. The maximum atomic E-state index is 13.2. The van der Waals surface area contributed by atoms with Crippen molar-refractivity contribution in [3.8, 4) is 5.82 Å². The van der Waals surface area contributed by atoms with E-state index in [-0.39, 0.29) is 29.7 Å². The first kappa shape index (κ1) is 18.9. The van der Waals surface area contributed by atoms with Crippen LogP contribution in [0.4, 0.5) is 13.2 Å². The van der Waals surface area contributed by atoms with E-state index in [0.717, 1.165) is 29.8 Å². The summed E-state index contributed by atoms with van der Waals surface area (Å²) in [7, 11) is 0. The molecule has 150 valence electrons. The Morgan fingerprint density at radius 2 is 2.07 bits per heavy atom. The summed E-state index contributed by atoms with van der Waals surface area (Å²) < 4.78 is 41.1. The monoisotopic (exact) mass is 394 g/mol. The van der Waals surface area contributed by atoms with Crippen LogP contribution in [-0.2, 0) is 12.6 Å². The molecule has 2 atom stereocenters. The lowest BCUT2D eigenvalue weighted by Gasteiger charge is -2.23. The summed E-state index contributed by atoms with van der Waals surface area (Å²) in [4.78, 5) is 17.0. The van der Waals surface area contributed by atoms with Gasteiger partial charge in [0.15, 0.2) is 11.5 Å². The van der Waals surface area contributed by atoms with E-state index >= 15 is 0 Å². The van der Waals surface area contributed by atoms with Crippen LogP contribution in [0.2, 0.25) is 0 Å². The Morgan fingerprint density at radius 3 is 2.71 bits per heavy atom. The van der Waals surface area contributed by atoms with E-state index in [9.17, 15) is 23.1 Å². The summed E-state index contributed by atoms with van der Waals surface area (Å²) in [6.45, 7) is 4.61. The lowest BCUT2D eigenvalue weighted by atomic mass is 10.1. The smallest absolute Gasteiger partial charge is 0.394 e. The number of hydrogen-bond donors (Lipinski definition) is 2. The van der Waals surface area contributed by atoms with E-state index in [1.807, 2.05) is 0 Å². The van der Waals surface area contributed by atoms with Crippen LogP contribution in [0.15, 0.2) is 12.1 Å². The van der Waals surface area contributed by atoms with Gasteiger partial charge in [-0.15, -0.1) is 0 Å². The van der Waals surface area contributed by atoms with Gasteiger partial charge in [-0.05, 0) is 51.7 Å². The molecule has 1 fully saturated rings. The Labute approximate surface area is 159 Å². The highest BCUT2D eigenvalue weighted by Crippen LogP contribution is 2.57. The van der Waals surface area contributed by atoms with E-state index in [1.165, 1.54) is 11.6 Å². The van der Waals surface area contributed by atoms with Gasteiger partial charge in [0.05, 0.1) is 23.4 Å². The first-order valence-corrected chi connectivity index (χ1v) is 9.11. The van der Waals surface area contributed by atoms with Crippen molar-refractivity contribution in [2.75, 3.05) is 6.61 Å². The van der Waals surface area contributed by atoms with Crippen molar-refractivity contribution in [1.82, 2.24) is 20.1 Å². The molecular weight excluding hydrogens is 373 g/mol. The predicted octanol–water partition coefficient (Wildman–Crippen LogP) is 2.75. The Bertz CT molecular complexity index is 965. The zero-order valence-electron chi connectivity index (χ0n) is 15.8. The minimum atomic E-state index is -4.49. The van der Waals surface area contributed by atoms with Gasteiger partial charge in [-0.3, -0.25) is 4.79 Å². The largest absolute Gasteiger partial charge is 0.416 e. The third kappa shape index (κ3) is 3.17. The number of fused-ring (bicyclic) bond motifs is 3. The number of carbonyl (C=O) groups is 1. The summed E-state index contributed by atoms with van der Waals surface area (Å²) in [5, 5.41) is 16.5. The fourth-order valence-corrected chi connectivity index (χ4v) is 3.80. The predicted molar refractivity (Wildman–Crippen MR) is 94.3 cm³/mol. The molecule has 0 unspecified atom stereocenters. The Morgan fingerprint density at radius 1 is 1.36 bits per heavy atom. The van der Waals surface area contributed by atoms with Crippen LogP contribution < -0.4 is 5.32 Å². The fourth-order valence-electron chi connectivity index (χ4n) is 3.80. The Balaban J connectivity index is 1.80. The van der Waals surface area contributed by atoms with Crippen molar-refractivity contribution in [2.24, 2.45) is 5.92 Å². The van der Waals surface area contributed by atoms with Crippen molar-refractivity contribution in [1.29, 1.82) is 0 Å². The van der Waals surface area contributed by atoms with Gasteiger partial charge in [-0.25, -0.2) is 9.67 Å². The molecule has 2 aliphatic carbocycles. The van der Waals surface area contributed by atoms with E-state index in [4.69, 9.17) is 0 Å². The van der Waals surface area contributed by atoms with Crippen LogP contribution >= 0.6 is 0 Å². The SMILES string of the molecule is Cc1cc(C(F)(F)F)cc(-n2nc(C(=O)NC(C)(C)CO)c3c2[C@@H]2C[C@@H]2C3)n1. The van der Waals surface area contributed by atoms with Crippen LogP contribution in [0, 0.1) is 12.8 Å². The van der Waals surface area contributed by atoms with Gasteiger partial charge in [-0.1, -0.05) is 0 Å². The van der Waals surface area contributed by atoms with E-state index in [1.54, 1.807) is 13.8 Å². The topological polar surface area (TPSA) is 80.0 Å². The highest BCUT2D eigenvalue weighted by atomic mass is 19.4. The number of carbonyl (C=O) groups excluding carboxylic acids is 1. The van der Waals surface area contributed by atoms with Crippen molar-refractivity contribution < 1.29 is 23.1 Å². The number of rotatable bonds is 4. The molecule has 0 bridgehead atoms.